The molecule has 0 spiro atoms. The van der Waals surface area contributed by atoms with Gasteiger partial charge < -0.3 is 12.4 Å². The van der Waals surface area contributed by atoms with Crippen molar-refractivity contribution in [3.05, 3.63) is 309 Å². The minimum atomic E-state index is -0.668. The second-order valence-corrected chi connectivity index (χ2v) is 21.4. The summed E-state index contributed by atoms with van der Waals surface area (Å²) < 4.78 is 0. The molecule has 8 aromatic rings. The number of allylic oxidation sites excluding steroid dienone is 2. The van der Waals surface area contributed by atoms with Crippen LogP contribution in [-0.2, 0) is 27.6 Å². The fourth-order valence-electron chi connectivity index (χ4n) is 11.5. The second kappa shape index (κ2) is 26.0. The Labute approximate surface area is 465 Å². The van der Waals surface area contributed by atoms with Crippen LogP contribution in [0, 0.1) is 33.6 Å². The summed E-state index contributed by atoms with van der Waals surface area (Å²) in [6.45, 7) is 17.3. The first-order chi connectivity index (χ1) is 35.8. The zero-order valence-electron chi connectivity index (χ0n) is 46.1. The normalized spacial score (nSPS) is 14.3. The van der Waals surface area contributed by atoms with Crippen LogP contribution in [0.25, 0.3) is 16.0 Å². The maximum absolute atomic E-state index is 8.09. The molecule has 1 aliphatic carbocycles. The predicted octanol–water partition coefficient (Wildman–Crippen LogP) is 18.7. The second-order valence-electron chi connectivity index (χ2n) is 21.4. The molecule has 1 saturated carbocycles. The Balaban J connectivity index is 0.000000450. The minimum Gasteiger partial charge on any atom is -0.659 e. The van der Waals surface area contributed by atoms with Gasteiger partial charge in [-0.2, -0.15) is 0 Å². The molecule has 2 aliphatic rings. The van der Waals surface area contributed by atoms with E-state index in [-0.39, 0.29) is 29.7 Å². The van der Waals surface area contributed by atoms with Crippen molar-refractivity contribution in [1.82, 2.24) is 4.98 Å². The molecular weight excluding hydrogens is 970 g/mol. The third kappa shape index (κ3) is 12.5. The largest absolute Gasteiger partial charge is 2.00 e. The van der Waals surface area contributed by atoms with Gasteiger partial charge in [0.1, 0.15) is 0 Å². The van der Waals surface area contributed by atoms with E-state index in [1.807, 2.05) is 13.8 Å². The molecule has 0 N–H and O–H groups in total. The van der Waals surface area contributed by atoms with Gasteiger partial charge in [-0.1, -0.05) is 271 Å². The number of nitrogens with zero attached hydrogens (tertiary/aromatic N) is 5. The molecule has 6 heteroatoms. The SMILES string of the molecule is CC1(C)CCCC1.CCCC(C)(C)N=[N+]=[N-].Cc1cc(C)c(C(=C2C=CC(C(c3ccccc3)(c3ccccc3)c3ccccc3)=N2)c2ccc(C(c3ccccc3)(c3ccccc3)c3ccccc3)[n-]2)c(C)c1.[CH3-].[Co+2]. The fraction of sp³-hybridized carbons (Fsp3) is 0.257. The number of rotatable bonds is 13. The van der Waals surface area contributed by atoms with Crippen LogP contribution in [0.3, 0.4) is 0 Å². The van der Waals surface area contributed by atoms with E-state index >= 15 is 0 Å². The van der Waals surface area contributed by atoms with Crippen LogP contribution in [0.2, 0.25) is 0 Å². The molecule has 0 bridgehead atoms. The number of benzene rings is 7. The third-order valence-electron chi connectivity index (χ3n) is 14.9. The van der Waals surface area contributed by atoms with Crippen LogP contribution < -0.4 is 4.98 Å². The molecule has 1 aliphatic heterocycles. The van der Waals surface area contributed by atoms with Gasteiger partial charge in [0.25, 0.3) is 0 Å². The van der Waals surface area contributed by atoms with Crippen LogP contribution in [0.1, 0.15) is 140 Å². The molecule has 5 nitrogen and oxygen atoms in total. The van der Waals surface area contributed by atoms with Gasteiger partial charge in [-0.15, -0.1) is 11.4 Å². The Hall–Kier alpha value is -7.21. The monoisotopic (exact) mass is 1040 g/mol. The summed E-state index contributed by atoms with van der Waals surface area (Å²) in [7, 11) is 0. The zero-order chi connectivity index (χ0) is 52.2. The van der Waals surface area contributed by atoms with Gasteiger partial charge in [0, 0.05) is 10.5 Å². The van der Waals surface area contributed by atoms with E-state index in [0.29, 0.717) is 5.41 Å². The molecule has 1 radical (unpaired) electrons. The number of azide groups is 1. The van der Waals surface area contributed by atoms with Gasteiger partial charge >= 0.3 is 16.8 Å². The Kier molecular flexibility index (Phi) is 19.9. The smallest absolute Gasteiger partial charge is 0.659 e. The number of hydrogen-bond acceptors (Lipinski definition) is 2. The molecule has 0 unspecified atom stereocenters. The molecule has 10 rings (SSSR count). The Morgan fingerprint density at radius 2 is 0.961 bits per heavy atom. The number of aromatic nitrogens is 1. The van der Waals surface area contributed by atoms with Crippen LogP contribution >= 0.6 is 0 Å². The first kappa shape index (κ1) is 58.1. The first-order valence-electron chi connectivity index (χ1n) is 26.5. The number of aliphatic imine (C=N–C) groups is 1. The van der Waals surface area contributed by atoms with Gasteiger partial charge in [-0.05, 0) is 119 Å². The first-order valence-corrected chi connectivity index (χ1v) is 26.5. The van der Waals surface area contributed by atoms with Crippen LogP contribution in [0.4, 0.5) is 0 Å². The molecular formula is C70H75CoN5. The predicted molar refractivity (Wildman–Crippen MR) is 317 cm³/mol. The summed E-state index contributed by atoms with van der Waals surface area (Å²) in [4.78, 5) is 14.2. The average Bonchev–Trinajstić information content (AvgIpc) is 4.23. The molecule has 0 amide bonds. The van der Waals surface area contributed by atoms with Gasteiger partial charge in [0.2, 0.25) is 0 Å². The standard InChI is InChI=1S/C56H45N2.C7H14.C6H13N3.CH3.Co/c1-40-38-41(2)53(42(3)39-40)54(49-34-36-51(57-49)55(43-22-10-4-11-23-43,44-24-12-5-13-25-44)45-26-14-6-15-27-45)50-35-37-52(58-50)56(46-28-16-7-17-29-46,47-30-18-8-19-31-47)48-32-20-9-21-33-48;1-7(2)5-3-4-6-7;1-4-5-6(2,3)8-9-7;;/h4-39H,1-3H3;3-6H2,1-2H3;4-5H2,1-3H3;1H3;/q-1;;;-1;+2. The van der Waals surface area contributed by atoms with E-state index < -0.39 is 10.8 Å². The topological polar surface area (TPSA) is 75.2 Å². The van der Waals surface area contributed by atoms with E-state index in [2.05, 4.69) is 270 Å². The van der Waals surface area contributed by atoms with Crippen molar-refractivity contribution in [2.75, 3.05) is 0 Å². The van der Waals surface area contributed by atoms with Crippen molar-refractivity contribution in [3.8, 4) is 0 Å². The molecule has 76 heavy (non-hydrogen) atoms. The van der Waals surface area contributed by atoms with Crippen molar-refractivity contribution in [2.24, 2.45) is 15.5 Å². The molecule has 389 valence electrons. The number of hydrogen-bond donors (Lipinski definition) is 0. The van der Waals surface area contributed by atoms with Crippen LogP contribution in [0.15, 0.2) is 234 Å². The Morgan fingerprint density at radius 3 is 1.30 bits per heavy atom. The molecule has 2 heterocycles. The van der Waals surface area contributed by atoms with Crippen molar-refractivity contribution in [3.63, 3.8) is 0 Å². The van der Waals surface area contributed by atoms with Crippen LogP contribution in [-0.4, -0.2) is 11.3 Å². The quantitative estimate of drug-likeness (QED) is 0.0373. The molecule has 0 atom stereocenters. The van der Waals surface area contributed by atoms with Gasteiger partial charge in [0.15, 0.2) is 0 Å². The number of aryl methyl sites for hydroxylation is 3. The van der Waals surface area contributed by atoms with Gasteiger partial charge in [-0.3, -0.25) is 4.99 Å². The summed E-state index contributed by atoms with van der Waals surface area (Å²) in [5.74, 6) is 0. The van der Waals surface area contributed by atoms with Crippen molar-refractivity contribution < 1.29 is 16.8 Å². The summed E-state index contributed by atoms with van der Waals surface area (Å²) in [6, 6.07) is 73.8. The Bertz CT molecular complexity index is 3010. The van der Waals surface area contributed by atoms with E-state index in [1.165, 1.54) is 42.4 Å². The summed E-state index contributed by atoms with van der Waals surface area (Å²) in [5, 5.41) is 3.63. The fourth-order valence-corrected chi connectivity index (χ4v) is 11.5. The molecule has 1 aromatic heterocycles. The maximum atomic E-state index is 8.09. The van der Waals surface area contributed by atoms with Gasteiger partial charge in [-0.25, -0.2) is 0 Å². The molecule has 1 fully saturated rings. The van der Waals surface area contributed by atoms with E-state index in [0.717, 1.165) is 80.2 Å². The third-order valence-corrected chi connectivity index (χ3v) is 14.9. The minimum absolute atomic E-state index is 0. The van der Waals surface area contributed by atoms with E-state index in [1.54, 1.807) is 0 Å². The van der Waals surface area contributed by atoms with Gasteiger partial charge in [0.05, 0.1) is 22.2 Å². The van der Waals surface area contributed by atoms with E-state index in [9.17, 15) is 0 Å². The van der Waals surface area contributed by atoms with Crippen molar-refractivity contribution >= 4 is 11.3 Å². The molecule has 0 saturated heterocycles. The average molecular weight is 1050 g/mol. The Morgan fingerprint density at radius 1 is 0.579 bits per heavy atom. The maximum Gasteiger partial charge on any atom is 2.00 e. The van der Waals surface area contributed by atoms with Crippen molar-refractivity contribution in [1.29, 1.82) is 0 Å². The zero-order valence-corrected chi connectivity index (χ0v) is 47.1. The van der Waals surface area contributed by atoms with E-state index in [4.69, 9.17) is 15.5 Å². The summed E-state index contributed by atoms with van der Waals surface area (Å²) in [5.41, 5.74) is 23.7. The van der Waals surface area contributed by atoms with Crippen molar-refractivity contribution in [2.45, 2.75) is 110 Å². The summed E-state index contributed by atoms with van der Waals surface area (Å²) >= 11 is 0. The van der Waals surface area contributed by atoms with Crippen LogP contribution in [0.5, 0.6) is 0 Å². The molecule has 7 aromatic carbocycles. The summed E-state index contributed by atoms with van der Waals surface area (Å²) in [6.07, 6.45) is 12.3.